The predicted octanol–water partition coefficient (Wildman–Crippen LogP) is 2.76. The number of rotatable bonds is 2. The minimum Gasteiger partial charge on any atom is -0.387 e. The van der Waals surface area contributed by atoms with Crippen molar-refractivity contribution in [1.29, 1.82) is 0 Å². The van der Waals surface area contributed by atoms with E-state index >= 15 is 0 Å². The van der Waals surface area contributed by atoms with Crippen molar-refractivity contribution in [3.8, 4) is 0 Å². The van der Waals surface area contributed by atoms with Gasteiger partial charge in [0.25, 0.3) is 0 Å². The van der Waals surface area contributed by atoms with Crippen molar-refractivity contribution < 1.29 is 5.11 Å². The molecule has 0 amide bonds. The molecule has 0 aliphatic heterocycles. The van der Waals surface area contributed by atoms with Gasteiger partial charge < -0.3 is 10.8 Å². The Morgan fingerprint density at radius 1 is 1.21 bits per heavy atom. The summed E-state index contributed by atoms with van der Waals surface area (Å²) in [6.45, 7) is 3.49. The Kier molecular flexibility index (Phi) is 3.43. The molecule has 0 heterocycles. The minimum absolute atomic E-state index is 0.496. The van der Waals surface area contributed by atoms with Gasteiger partial charge in [-0.05, 0) is 37.6 Å². The fraction of sp³-hybridized carbons (Fsp3) is 0.400. The number of aliphatic hydroxyl groups excluding tert-OH is 1. The van der Waals surface area contributed by atoms with Crippen LogP contribution in [0.3, 0.4) is 0 Å². The summed E-state index contributed by atoms with van der Waals surface area (Å²) in [7, 11) is 0. The molecule has 1 aromatic rings. The van der Waals surface area contributed by atoms with Crippen LogP contribution in [0.15, 0.2) is 18.2 Å². The average Bonchev–Trinajstić information content (AvgIpc) is 1.99. The number of hydrogen-bond acceptors (Lipinski definition) is 2. The zero-order chi connectivity index (χ0) is 10.9. The second kappa shape index (κ2) is 4.07. The van der Waals surface area contributed by atoms with Gasteiger partial charge in [-0.2, -0.15) is 0 Å². The zero-order valence-electron chi connectivity index (χ0n) is 8.09. The maximum Gasteiger partial charge on any atom is 0.0964 e. The third kappa shape index (κ3) is 2.85. The molecule has 1 atom stereocenters. The third-order valence-electron chi connectivity index (χ3n) is 1.91. The number of halogens is 2. The van der Waals surface area contributed by atoms with Crippen LogP contribution in [0, 0.1) is 0 Å². The molecule has 0 aliphatic rings. The number of hydrogen-bond donors (Lipinski definition) is 2. The van der Waals surface area contributed by atoms with Crippen LogP contribution in [0.1, 0.15) is 25.5 Å². The van der Waals surface area contributed by atoms with Crippen LogP contribution in [-0.2, 0) is 0 Å². The van der Waals surface area contributed by atoms with E-state index in [9.17, 15) is 5.11 Å². The summed E-state index contributed by atoms with van der Waals surface area (Å²) in [5.74, 6) is 0. The number of nitrogens with two attached hydrogens (primary N) is 1. The molecule has 0 aromatic heterocycles. The van der Waals surface area contributed by atoms with E-state index in [1.165, 1.54) is 0 Å². The number of aliphatic hydroxyl groups is 1. The molecular weight excluding hydrogens is 221 g/mol. The lowest BCUT2D eigenvalue weighted by molar-refractivity contribution is 0.105. The Balaban J connectivity index is 3.07. The second-order valence-corrected chi connectivity index (χ2v) is 4.80. The summed E-state index contributed by atoms with van der Waals surface area (Å²) in [4.78, 5) is 0. The molecule has 4 heteroatoms. The second-order valence-electron chi connectivity index (χ2n) is 3.93. The zero-order valence-corrected chi connectivity index (χ0v) is 9.60. The van der Waals surface area contributed by atoms with Crippen molar-refractivity contribution in [1.82, 2.24) is 0 Å². The van der Waals surface area contributed by atoms with E-state index in [4.69, 9.17) is 28.9 Å². The van der Waals surface area contributed by atoms with Gasteiger partial charge in [-0.25, -0.2) is 0 Å². The Labute approximate surface area is 93.6 Å². The summed E-state index contributed by atoms with van der Waals surface area (Å²) in [6, 6.07) is 4.93. The first-order valence-corrected chi connectivity index (χ1v) is 4.99. The summed E-state index contributed by atoms with van der Waals surface area (Å²) in [5.41, 5.74) is 5.69. The maximum atomic E-state index is 9.86. The van der Waals surface area contributed by atoms with Crippen molar-refractivity contribution in [3.63, 3.8) is 0 Å². The monoisotopic (exact) mass is 233 g/mol. The van der Waals surface area contributed by atoms with Crippen molar-refractivity contribution in [2.75, 3.05) is 0 Å². The maximum absolute atomic E-state index is 9.86. The quantitative estimate of drug-likeness (QED) is 0.826. The minimum atomic E-state index is -0.779. The van der Waals surface area contributed by atoms with E-state index in [0.29, 0.717) is 15.6 Å². The first-order valence-electron chi connectivity index (χ1n) is 4.23. The van der Waals surface area contributed by atoms with E-state index < -0.39 is 11.6 Å². The molecule has 0 bridgehead atoms. The van der Waals surface area contributed by atoms with E-state index in [-0.39, 0.29) is 0 Å². The van der Waals surface area contributed by atoms with Gasteiger partial charge >= 0.3 is 0 Å². The SMILES string of the molecule is CC(C)(N)C(O)c1cc(Cl)cc(Cl)c1. The largest absolute Gasteiger partial charge is 0.387 e. The standard InChI is InChI=1S/C10H13Cl2NO/c1-10(2,13)9(14)6-3-7(11)5-8(12)4-6/h3-5,9,14H,13H2,1-2H3. The fourth-order valence-corrected chi connectivity index (χ4v) is 1.71. The fourth-order valence-electron chi connectivity index (χ4n) is 1.16. The van der Waals surface area contributed by atoms with Crippen LogP contribution in [0.2, 0.25) is 10.0 Å². The lowest BCUT2D eigenvalue weighted by Crippen LogP contribution is -2.39. The first-order chi connectivity index (χ1) is 6.30. The molecule has 2 nitrogen and oxygen atoms in total. The molecule has 1 rings (SSSR count). The van der Waals surface area contributed by atoms with E-state index in [0.717, 1.165) is 0 Å². The van der Waals surface area contributed by atoms with Gasteiger partial charge in [-0.15, -0.1) is 0 Å². The molecule has 78 valence electrons. The molecule has 0 saturated heterocycles. The van der Waals surface area contributed by atoms with Gasteiger partial charge in [-0.3, -0.25) is 0 Å². The van der Waals surface area contributed by atoms with Crippen LogP contribution < -0.4 is 5.73 Å². The number of benzene rings is 1. The lowest BCUT2D eigenvalue weighted by atomic mass is 9.92. The van der Waals surface area contributed by atoms with Crippen molar-refractivity contribution in [2.45, 2.75) is 25.5 Å². The molecular formula is C10H13Cl2NO. The molecule has 14 heavy (non-hydrogen) atoms. The van der Waals surface area contributed by atoms with Crippen molar-refractivity contribution in [3.05, 3.63) is 33.8 Å². The summed E-state index contributed by atoms with van der Waals surface area (Å²) in [6.07, 6.45) is -0.779. The Bertz CT molecular complexity index is 313. The van der Waals surface area contributed by atoms with Gasteiger partial charge in [0.15, 0.2) is 0 Å². The van der Waals surface area contributed by atoms with Gasteiger partial charge in [0.1, 0.15) is 0 Å². The molecule has 0 radical (unpaired) electrons. The lowest BCUT2D eigenvalue weighted by Gasteiger charge is -2.26. The molecule has 0 saturated carbocycles. The van der Waals surface area contributed by atoms with Gasteiger partial charge in [-0.1, -0.05) is 23.2 Å². The first kappa shape index (κ1) is 11.8. The molecule has 0 aliphatic carbocycles. The highest BCUT2D eigenvalue weighted by molar-refractivity contribution is 6.34. The molecule has 3 N–H and O–H groups in total. The molecule has 0 fully saturated rings. The van der Waals surface area contributed by atoms with Crippen molar-refractivity contribution >= 4 is 23.2 Å². The highest BCUT2D eigenvalue weighted by Gasteiger charge is 2.24. The topological polar surface area (TPSA) is 46.2 Å². The van der Waals surface area contributed by atoms with Crippen LogP contribution in [0.5, 0.6) is 0 Å². The summed E-state index contributed by atoms with van der Waals surface area (Å²) >= 11 is 11.6. The Morgan fingerprint density at radius 2 is 1.64 bits per heavy atom. The predicted molar refractivity (Wildman–Crippen MR) is 59.7 cm³/mol. The van der Waals surface area contributed by atoms with E-state index in [2.05, 4.69) is 0 Å². The van der Waals surface area contributed by atoms with Crippen LogP contribution in [0.25, 0.3) is 0 Å². The van der Waals surface area contributed by atoms with Gasteiger partial charge in [0.2, 0.25) is 0 Å². The highest BCUT2D eigenvalue weighted by Crippen LogP contribution is 2.28. The van der Waals surface area contributed by atoms with E-state index in [1.54, 1.807) is 32.0 Å². The molecule has 1 aromatic carbocycles. The van der Waals surface area contributed by atoms with Crippen LogP contribution >= 0.6 is 23.2 Å². The third-order valence-corrected chi connectivity index (χ3v) is 2.34. The molecule has 0 spiro atoms. The molecule has 1 unspecified atom stereocenters. The van der Waals surface area contributed by atoms with Crippen molar-refractivity contribution in [2.24, 2.45) is 5.73 Å². The highest BCUT2D eigenvalue weighted by atomic mass is 35.5. The average molecular weight is 234 g/mol. The summed E-state index contributed by atoms with van der Waals surface area (Å²) in [5, 5.41) is 10.9. The normalized spacial score (nSPS) is 14.1. The smallest absolute Gasteiger partial charge is 0.0964 e. The summed E-state index contributed by atoms with van der Waals surface area (Å²) < 4.78 is 0. The van der Waals surface area contributed by atoms with Gasteiger partial charge in [0, 0.05) is 15.6 Å². The van der Waals surface area contributed by atoms with E-state index in [1.807, 2.05) is 0 Å². The Morgan fingerprint density at radius 3 is 2.00 bits per heavy atom. The Hall–Kier alpha value is -0.280. The van der Waals surface area contributed by atoms with Gasteiger partial charge in [0.05, 0.1) is 6.10 Å². The van der Waals surface area contributed by atoms with Crippen LogP contribution in [0.4, 0.5) is 0 Å². The van der Waals surface area contributed by atoms with Crippen LogP contribution in [-0.4, -0.2) is 10.6 Å².